The van der Waals surface area contributed by atoms with Gasteiger partial charge in [0.15, 0.2) is 5.78 Å². The predicted molar refractivity (Wildman–Crippen MR) is 101 cm³/mol. The van der Waals surface area contributed by atoms with Crippen molar-refractivity contribution in [2.24, 2.45) is 0 Å². The van der Waals surface area contributed by atoms with Gasteiger partial charge in [-0.25, -0.2) is 9.18 Å². The van der Waals surface area contributed by atoms with E-state index in [1.165, 1.54) is 24.3 Å². The predicted octanol–water partition coefficient (Wildman–Crippen LogP) is 3.31. The minimum Gasteiger partial charge on any atom is -0.338 e. The van der Waals surface area contributed by atoms with Gasteiger partial charge in [-0.3, -0.25) is 9.69 Å². The SMILES string of the molecule is CCCCCNC(=O)N1CCN(CCCC(=O)c2ccc(F)cc2)CC1. The molecule has 26 heavy (non-hydrogen) atoms. The number of amides is 2. The van der Waals surface area contributed by atoms with E-state index in [1.807, 2.05) is 4.90 Å². The molecule has 1 fully saturated rings. The first-order chi connectivity index (χ1) is 12.6. The van der Waals surface area contributed by atoms with E-state index in [2.05, 4.69) is 17.1 Å². The highest BCUT2D eigenvalue weighted by Gasteiger charge is 2.20. The zero-order valence-corrected chi connectivity index (χ0v) is 15.7. The summed E-state index contributed by atoms with van der Waals surface area (Å²) in [6, 6.07) is 5.75. The van der Waals surface area contributed by atoms with Crippen molar-refractivity contribution in [2.75, 3.05) is 39.3 Å². The number of Topliss-reactive ketones (excluding diaryl/α,β-unsaturated/α-hetero) is 1. The molecule has 144 valence electrons. The van der Waals surface area contributed by atoms with Crippen molar-refractivity contribution in [1.29, 1.82) is 0 Å². The number of urea groups is 1. The van der Waals surface area contributed by atoms with E-state index in [0.29, 0.717) is 12.0 Å². The van der Waals surface area contributed by atoms with E-state index in [1.54, 1.807) is 0 Å². The van der Waals surface area contributed by atoms with Gasteiger partial charge in [-0.15, -0.1) is 0 Å². The van der Waals surface area contributed by atoms with Crippen molar-refractivity contribution in [3.05, 3.63) is 35.6 Å². The van der Waals surface area contributed by atoms with Crippen LogP contribution < -0.4 is 5.32 Å². The zero-order chi connectivity index (χ0) is 18.8. The molecule has 1 aromatic carbocycles. The average molecular weight is 363 g/mol. The second kappa shape index (κ2) is 10.9. The second-order valence-electron chi connectivity index (χ2n) is 6.80. The molecular formula is C20H30FN3O2. The van der Waals surface area contributed by atoms with Gasteiger partial charge in [0.1, 0.15) is 5.82 Å². The Balaban J connectivity index is 1.60. The summed E-state index contributed by atoms with van der Waals surface area (Å²) < 4.78 is 12.9. The molecule has 0 bridgehead atoms. The third kappa shape index (κ3) is 6.75. The highest BCUT2D eigenvalue weighted by atomic mass is 19.1. The fourth-order valence-electron chi connectivity index (χ4n) is 3.10. The van der Waals surface area contributed by atoms with Crippen LogP contribution in [0.3, 0.4) is 0 Å². The molecule has 0 saturated carbocycles. The van der Waals surface area contributed by atoms with Crippen molar-refractivity contribution in [3.63, 3.8) is 0 Å². The number of hydrogen-bond donors (Lipinski definition) is 1. The molecule has 6 heteroatoms. The number of carbonyl (C=O) groups is 2. The maximum Gasteiger partial charge on any atom is 0.317 e. The number of halogens is 1. The lowest BCUT2D eigenvalue weighted by Gasteiger charge is -2.34. The monoisotopic (exact) mass is 363 g/mol. The Kier molecular flexibility index (Phi) is 8.54. The number of rotatable bonds is 9. The van der Waals surface area contributed by atoms with Crippen LogP contribution in [0, 0.1) is 5.82 Å². The van der Waals surface area contributed by atoms with Crippen molar-refractivity contribution in [2.45, 2.75) is 39.0 Å². The number of unbranched alkanes of at least 4 members (excludes halogenated alkanes) is 2. The number of nitrogens with one attached hydrogen (secondary N) is 1. The number of nitrogens with zero attached hydrogens (tertiary/aromatic N) is 2. The molecule has 1 aromatic rings. The first kappa shape index (κ1) is 20.4. The summed E-state index contributed by atoms with van der Waals surface area (Å²) in [6.07, 6.45) is 4.57. The summed E-state index contributed by atoms with van der Waals surface area (Å²) in [6.45, 7) is 6.88. The number of ketones is 1. The van der Waals surface area contributed by atoms with E-state index < -0.39 is 0 Å². The van der Waals surface area contributed by atoms with Crippen LogP contribution in [0.5, 0.6) is 0 Å². The van der Waals surface area contributed by atoms with E-state index in [9.17, 15) is 14.0 Å². The highest BCUT2D eigenvalue weighted by molar-refractivity contribution is 5.95. The topological polar surface area (TPSA) is 52.7 Å². The van der Waals surface area contributed by atoms with Gasteiger partial charge < -0.3 is 10.2 Å². The molecule has 0 radical (unpaired) electrons. The smallest absolute Gasteiger partial charge is 0.317 e. The quantitative estimate of drug-likeness (QED) is 0.541. The Morgan fingerprint density at radius 2 is 1.73 bits per heavy atom. The lowest BCUT2D eigenvalue weighted by Crippen LogP contribution is -2.52. The summed E-state index contributed by atoms with van der Waals surface area (Å²) in [5.74, 6) is -0.274. The molecule has 0 unspecified atom stereocenters. The fraction of sp³-hybridized carbons (Fsp3) is 0.600. The number of benzene rings is 1. The summed E-state index contributed by atoms with van der Waals surface area (Å²) in [7, 11) is 0. The van der Waals surface area contributed by atoms with Gasteiger partial charge in [-0.05, 0) is 43.7 Å². The Hall–Kier alpha value is -1.95. The van der Waals surface area contributed by atoms with Crippen LogP contribution in [0.4, 0.5) is 9.18 Å². The minimum atomic E-state index is -0.325. The molecule has 2 rings (SSSR count). The molecule has 1 saturated heterocycles. The summed E-state index contributed by atoms with van der Waals surface area (Å²) in [5.41, 5.74) is 0.566. The van der Waals surface area contributed by atoms with Gasteiger partial charge in [-0.2, -0.15) is 0 Å². The Morgan fingerprint density at radius 1 is 1.04 bits per heavy atom. The van der Waals surface area contributed by atoms with Crippen LogP contribution in [0.15, 0.2) is 24.3 Å². The van der Waals surface area contributed by atoms with Gasteiger partial charge in [0.05, 0.1) is 0 Å². The highest BCUT2D eigenvalue weighted by Crippen LogP contribution is 2.09. The second-order valence-corrected chi connectivity index (χ2v) is 6.80. The molecule has 0 aliphatic carbocycles. The molecule has 5 nitrogen and oxygen atoms in total. The largest absolute Gasteiger partial charge is 0.338 e. The van der Waals surface area contributed by atoms with Crippen LogP contribution >= 0.6 is 0 Å². The third-order valence-corrected chi connectivity index (χ3v) is 4.76. The molecule has 0 atom stereocenters. The molecule has 0 spiro atoms. The number of piperazine rings is 1. The lowest BCUT2D eigenvalue weighted by molar-refractivity contribution is 0.0968. The first-order valence-corrected chi connectivity index (χ1v) is 9.64. The van der Waals surface area contributed by atoms with Crippen molar-refractivity contribution < 1.29 is 14.0 Å². The molecule has 1 N–H and O–H groups in total. The van der Waals surface area contributed by atoms with Gasteiger partial charge in [-0.1, -0.05) is 19.8 Å². The van der Waals surface area contributed by atoms with Crippen LogP contribution in [-0.4, -0.2) is 60.9 Å². The Morgan fingerprint density at radius 3 is 2.38 bits per heavy atom. The van der Waals surface area contributed by atoms with Gasteiger partial charge in [0.25, 0.3) is 0 Å². The standard InChI is InChI=1S/C20H30FN3O2/c1-2-3-4-11-22-20(26)24-15-13-23(14-16-24)12-5-6-19(25)17-7-9-18(21)10-8-17/h7-10H,2-6,11-16H2,1H3,(H,22,26). The maximum absolute atomic E-state index is 12.9. The van der Waals surface area contributed by atoms with Gasteiger partial charge in [0.2, 0.25) is 0 Å². The van der Waals surface area contributed by atoms with Crippen LogP contribution in [0.2, 0.25) is 0 Å². The molecular weight excluding hydrogens is 333 g/mol. The van der Waals surface area contributed by atoms with E-state index >= 15 is 0 Å². The Bertz CT molecular complexity index is 569. The molecule has 1 aliphatic heterocycles. The van der Waals surface area contributed by atoms with Crippen molar-refractivity contribution in [3.8, 4) is 0 Å². The fourth-order valence-corrected chi connectivity index (χ4v) is 3.10. The minimum absolute atomic E-state index is 0.0345. The third-order valence-electron chi connectivity index (χ3n) is 4.76. The summed E-state index contributed by atoms with van der Waals surface area (Å²) in [4.78, 5) is 28.3. The van der Waals surface area contributed by atoms with Crippen LogP contribution in [-0.2, 0) is 0 Å². The summed E-state index contributed by atoms with van der Waals surface area (Å²) in [5, 5.41) is 2.98. The molecule has 1 heterocycles. The van der Waals surface area contributed by atoms with Crippen LogP contribution in [0.1, 0.15) is 49.4 Å². The zero-order valence-electron chi connectivity index (χ0n) is 15.7. The van der Waals surface area contributed by atoms with Crippen molar-refractivity contribution >= 4 is 11.8 Å². The van der Waals surface area contributed by atoms with E-state index in [0.717, 1.165) is 65.0 Å². The maximum atomic E-state index is 12.9. The Labute approximate surface area is 155 Å². The lowest BCUT2D eigenvalue weighted by atomic mass is 10.1. The molecule has 1 aliphatic rings. The molecule has 2 amide bonds. The number of carbonyl (C=O) groups excluding carboxylic acids is 2. The first-order valence-electron chi connectivity index (χ1n) is 9.64. The van der Waals surface area contributed by atoms with Crippen LogP contribution in [0.25, 0.3) is 0 Å². The number of hydrogen-bond acceptors (Lipinski definition) is 3. The van der Waals surface area contributed by atoms with E-state index in [4.69, 9.17) is 0 Å². The van der Waals surface area contributed by atoms with Gasteiger partial charge >= 0.3 is 6.03 Å². The molecule has 0 aromatic heterocycles. The summed E-state index contributed by atoms with van der Waals surface area (Å²) >= 11 is 0. The van der Waals surface area contributed by atoms with E-state index in [-0.39, 0.29) is 17.6 Å². The average Bonchev–Trinajstić information content (AvgIpc) is 2.66. The van der Waals surface area contributed by atoms with Crippen molar-refractivity contribution in [1.82, 2.24) is 15.1 Å². The van der Waals surface area contributed by atoms with Gasteiger partial charge in [0, 0.05) is 44.7 Å². The normalized spacial score (nSPS) is 15.1.